The maximum absolute atomic E-state index is 13.5. The van der Waals surface area contributed by atoms with Crippen LogP contribution in [0.2, 0.25) is 0 Å². The highest BCUT2D eigenvalue weighted by Crippen LogP contribution is 2.20. The molecule has 1 aromatic heterocycles. The van der Waals surface area contributed by atoms with Crippen LogP contribution in [0.5, 0.6) is 0 Å². The van der Waals surface area contributed by atoms with Crippen molar-refractivity contribution in [2.45, 2.75) is 18.2 Å². The van der Waals surface area contributed by atoms with Crippen molar-refractivity contribution in [2.24, 2.45) is 5.73 Å². The molecule has 20 heavy (non-hydrogen) atoms. The van der Waals surface area contributed by atoms with Gasteiger partial charge >= 0.3 is 0 Å². The lowest BCUT2D eigenvalue weighted by molar-refractivity contribution is 0.385. The normalized spacial score (nSPS) is 12.0. The van der Waals surface area contributed by atoms with E-state index in [1.807, 2.05) is 0 Å². The summed E-state index contributed by atoms with van der Waals surface area (Å²) >= 11 is 0. The first-order chi connectivity index (χ1) is 9.45. The van der Waals surface area contributed by atoms with E-state index >= 15 is 0 Å². The molecule has 0 bridgehead atoms. The molecule has 0 saturated carbocycles. The Kier molecular flexibility index (Phi) is 4.22. The van der Waals surface area contributed by atoms with Crippen molar-refractivity contribution in [3.8, 4) is 0 Å². The Bertz CT molecular complexity index is 697. The molecule has 0 fully saturated rings. The molecule has 0 atom stereocenters. The summed E-state index contributed by atoms with van der Waals surface area (Å²) < 4.78 is 44.2. The summed E-state index contributed by atoms with van der Waals surface area (Å²) in [5.41, 5.74) is 5.67. The molecule has 5 nitrogen and oxygen atoms in total. The zero-order chi connectivity index (χ0) is 14.8. The number of hydrogen-bond acceptors (Lipinski definition) is 4. The van der Waals surface area contributed by atoms with Crippen molar-refractivity contribution >= 4 is 10.0 Å². The quantitative estimate of drug-likeness (QED) is 0.911. The van der Waals surface area contributed by atoms with E-state index in [2.05, 4.69) is 0 Å². The molecule has 0 aliphatic heterocycles. The number of nitrogens with zero attached hydrogens (tertiary/aromatic N) is 1. The third kappa shape index (κ3) is 2.90. The van der Waals surface area contributed by atoms with Crippen molar-refractivity contribution in [2.75, 3.05) is 7.05 Å². The molecular weight excluding hydrogens is 283 g/mol. The predicted molar refractivity (Wildman–Crippen MR) is 71.7 cm³/mol. The van der Waals surface area contributed by atoms with Gasteiger partial charge in [0.2, 0.25) is 5.09 Å². The smallest absolute Gasteiger partial charge is 0.276 e. The molecule has 0 aliphatic carbocycles. The van der Waals surface area contributed by atoms with Crippen LogP contribution in [0.1, 0.15) is 11.3 Å². The van der Waals surface area contributed by atoms with Gasteiger partial charge in [0.05, 0.1) is 6.54 Å². The molecule has 0 aliphatic rings. The van der Waals surface area contributed by atoms with Crippen LogP contribution in [0, 0.1) is 5.82 Å². The van der Waals surface area contributed by atoms with Gasteiger partial charge in [-0.15, -0.1) is 0 Å². The van der Waals surface area contributed by atoms with Crippen LogP contribution in [0.4, 0.5) is 4.39 Å². The lowest BCUT2D eigenvalue weighted by Gasteiger charge is -2.15. The molecule has 7 heteroatoms. The Morgan fingerprint density at radius 2 is 1.95 bits per heavy atom. The standard InChI is InChI=1S/C13H15FN2O3S/c1-16(9-10-4-2-3-5-12(10)14)20(17,18)13-7-6-11(8-15)19-13/h2-7H,8-9,15H2,1H3. The van der Waals surface area contributed by atoms with Crippen LogP contribution in [-0.4, -0.2) is 19.8 Å². The number of nitrogens with two attached hydrogens (primary N) is 1. The molecule has 1 aromatic carbocycles. The monoisotopic (exact) mass is 298 g/mol. The summed E-state index contributed by atoms with van der Waals surface area (Å²) in [6.45, 7) is 0.0419. The molecule has 2 aromatic rings. The maximum Gasteiger partial charge on any atom is 0.276 e. The van der Waals surface area contributed by atoms with Gasteiger partial charge in [-0.1, -0.05) is 18.2 Å². The van der Waals surface area contributed by atoms with Crippen molar-refractivity contribution in [3.05, 3.63) is 53.5 Å². The fourth-order valence-electron chi connectivity index (χ4n) is 1.71. The van der Waals surface area contributed by atoms with Gasteiger partial charge in [-0.2, -0.15) is 4.31 Å². The summed E-state index contributed by atoms with van der Waals surface area (Å²) in [6.07, 6.45) is 0. The number of hydrogen-bond donors (Lipinski definition) is 1. The summed E-state index contributed by atoms with van der Waals surface area (Å²) in [6, 6.07) is 8.87. The van der Waals surface area contributed by atoms with E-state index in [1.54, 1.807) is 12.1 Å². The minimum absolute atomic E-state index is 0.0757. The highest BCUT2D eigenvalue weighted by molar-refractivity contribution is 7.88. The van der Waals surface area contributed by atoms with E-state index in [-0.39, 0.29) is 18.2 Å². The second-order valence-electron chi connectivity index (χ2n) is 4.28. The van der Waals surface area contributed by atoms with Crippen LogP contribution in [0.25, 0.3) is 0 Å². The van der Waals surface area contributed by atoms with Gasteiger partial charge in [-0.05, 0) is 18.2 Å². The van der Waals surface area contributed by atoms with E-state index in [1.165, 1.54) is 31.3 Å². The van der Waals surface area contributed by atoms with Gasteiger partial charge in [0.15, 0.2) is 0 Å². The number of furan rings is 1. The number of halogens is 1. The van der Waals surface area contributed by atoms with Crippen LogP contribution in [0.3, 0.4) is 0 Å². The zero-order valence-electron chi connectivity index (χ0n) is 10.9. The van der Waals surface area contributed by atoms with Crippen LogP contribution in [0.15, 0.2) is 45.9 Å². The molecule has 0 spiro atoms. The summed E-state index contributed by atoms with van der Waals surface area (Å²) in [4.78, 5) is 0. The van der Waals surface area contributed by atoms with Crippen molar-refractivity contribution in [3.63, 3.8) is 0 Å². The number of rotatable bonds is 5. The molecule has 2 N–H and O–H groups in total. The lowest BCUT2D eigenvalue weighted by Crippen LogP contribution is -2.26. The van der Waals surface area contributed by atoms with Crippen LogP contribution < -0.4 is 5.73 Å². The average Bonchev–Trinajstić information content (AvgIpc) is 2.90. The molecule has 108 valence electrons. The summed E-state index contributed by atoms with van der Waals surface area (Å²) in [5.74, 6) is -0.0699. The molecule has 0 saturated heterocycles. The van der Waals surface area contributed by atoms with E-state index < -0.39 is 15.8 Å². The van der Waals surface area contributed by atoms with Crippen LogP contribution in [-0.2, 0) is 23.1 Å². The van der Waals surface area contributed by atoms with E-state index in [4.69, 9.17) is 10.2 Å². The first kappa shape index (κ1) is 14.7. The number of sulfonamides is 1. The van der Waals surface area contributed by atoms with Crippen LogP contribution >= 0.6 is 0 Å². The summed E-state index contributed by atoms with van der Waals surface area (Å²) in [5, 5.41) is -0.197. The Morgan fingerprint density at radius 1 is 1.25 bits per heavy atom. The Balaban J connectivity index is 2.23. The van der Waals surface area contributed by atoms with Crippen molar-refractivity contribution < 1.29 is 17.2 Å². The largest absolute Gasteiger partial charge is 0.447 e. The second kappa shape index (κ2) is 5.74. The Morgan fingerprint density at radius 3 is 2.55 bits per heavy atom. The minimum Gasteiger partial charge on any atom is -0.447 e. The van der Waals surface area contributed by atoms with E-state index in [9.17, 15) is 12.8 Å². The molecular formula is C13H15FN2O3S. The van der Waals surface area contributed by atoms with Gasteiger partial charge in [-0.25, -0.2) is 12.8 Å². The zero-order valence-corrected chi connectivity index (χ0v) is 11.7. The van der Waals surface area contributed by atoms with Crippen molar-refractivity contribution in [1.29, 1.82) is 0 Å². The van der Waals surface area contributed by atoms with Gasteiger partial charge < -0.3 is 10.2 Å². The highest BCUT2D eigenvalue weighted by Gasteiger charge is 2.25. The van der Waals surface area contributed by atoms with Gasteiger partial charge in [0.1, 0.15) is 11.6 Å². The van der Waals surface area contributed by atoms with E-state index in [0.717, 1.165) is 4.31 Å². The second-order valence-corrected chi connectivity index (χ2v) is 6.25. The van der Waals surface area contributed by atoms with E-state index in [0.29, 0.717) is 11.3 Å². The fourth-order valence-corrected chi connectivity index (χ4v) is 2.78. The summed E-state index contributed by atoms with van der Waals surface area (Å²) in [7, 11) is -2.43. The Hall–Kier alpha value is -1.70. The topological polar surface area (TPSA) is 76.5 Å². The fraction of sp³-hybridized carbons (Fsp3) is 0.231. The van der Waals surface area contributed by atoms with Gasteiger partial charge in [-0.3, -0.25) is 0 Å². The minimum atomic E-state index is -3.80. The van der Waals surface area contributed by atoms with Gasteiger partial charge in [0.25, 0.3) is 10.0 Å². The molecule has 0 radical (unpaired) electrons. The number of benzene rings is 1. The molecule has 1 heterocycles. The molecule has 0 amide bonds. The van der Waals surface area contributed by atoms with Crippen molar-refractivity contribution in [1.82, 2.24) is 4.31 Å². The van der Waals surface area contributed by atoms with Gasteiger partial charge in [0, 0.05) is 19.2 Å². The average molecular weight is 298 g/mol. The first-order valence-corrected chi connectivity index (χ1v) is 7.37. The Labute approximate surface area is 116 Å². The highest BCUT2D eigenvalue weighted by atomic mass is 32.2. The molecule has 2 rings (SSSR count). The SMILES string of the molecule is CN(Cc1ccccc1F)S(=O)(=O)c1ccc(CN)o1. The third-order valence-electron chi connectivity index (χ3n) is 2.85. The maximum atomic E-state index is 13.5. The molecule has 0 unspecified atom stereocenters. The lowest BCUT2D eigenvalue weighted by atomic mass is 10.2. The third-order valence-corrected chi connectivity index (χ3v) is 4.53. The first-order valence-electron chi connectivity index (χ1n) is 5.93. The predicted octanol–water partition coefficient (Wildman–Crippen LogP) is 1.70.